The van der Waals surface area contributed by atoms with Crippen molar-refractivity contribution in [3.8, 4) is 0 Å². The van der Waals surface area contributed by atoms with Gasteiger partial charge in [-0.1, -0.05) is 0 Å². The minimum absolute atomic E-state index is 0.106. The number of aromatic nitrogens is 3. The van der Waals surface area contributed by atoms with Gasteiger partial charge in [-0.25, -0.2) is 8.42 Å². The molecule has 1 aliphatic heterocycles. The van der Waals surface area contributed by atoms with Crippen LogP contribution in [-0.2, 0) is 23.0 Å². The van der Waals surface area contributed by atoms with Crippen molar-refractivity contribution in [1.82, 2.24) is 19.1 Å². The third kappa shape index (κ3) is 2.59. The van der Waals surface area contributed by atoms with Crippen LogP contribution in [0.2, 0.25) is 0 Å². The van der Waals surface area contributed by atoms with E-state index in [2.05, 4.69) is 10.1 Å². The van der Waals surface area contributed by atoms with E-state index in [1.165, 1.54) is 4.31 Å². The molecule has 3 heterocycles. The van der Waals surface area contributed by atoms with Gasteiger partial charge in [0.1, 0.15) is 4.90 Å². The summed E-state index contributed by atoms with van der Waals surface area (Å²) in [6, 6.07) is 1.82. The number of pyridine rings is 1. The van der Waals surface area contributed by atoms with Gasteiger partial charge in [0.25, 0.3) is 0 Å². The first-order valence-corrected chi connectivity index (χ1v) is 9.45. The van der Waals surface area contributed by atoms with Gasteiger partial charge < -0.3 is 5.73 Å². The molecule has 1 aliphatic rings. The summed E-state index contributed by atoms with van der Waals surface area (Å²) in [7, 11) is -3.63. The quantitative estimate of drug-likeness (QED) is 0.912. The standard InChI is InChI=1S/C16H23N5O2S/c1-10(2)21-12(4)16(11(3)19-21)24(22,23)20-8-6-15-13(9-20)14(17)5-7-18-15/h5,7,10H,6,8-9H2,1-4H3,(H2,17,18). The van der Waals surface area contributed by atoms with Crippen molar-refractivity contribution in [1.29, 1.82) is 0 Å². The zero-order valence-corrected chi connectivity index (χ0v) is 15.3. The number of hydrogen-bond acceptors (Lipinski definition) is 5. The number of nitrogens with zero attached hydrogens (tertiary/aromatic N) is 4. The Balaban J connectivity index is 2.03. The van der Waals surface area contributed by atoms with Gasteiger partial charge >= 0.3 is 0 Å². The molecule has 2 N–H and O–H groups in total. The van der Waals surface area contributed by atoms with Gasteiger partial charge in [-0.05, 0) is 33.8 Å². The van der Waals surface area contributed by atoms with Crippen molar-refractivity contribution in [2.75, 3.05) is 12.3 Å². The van der Waals surface area contributed by atoms with Crippen LogP contribution in [0.5, 0.6) is 0 Å². The second kappa shape index (κ2) is 5.86. The predicted octanol–water partition coefficient (Wildman–Crippen LogP) is 1.81. The Morgan fingerprint density at radius 2 is 2.00 bits per heavy atom. The van der Waals surface area contributed by atoms with E-state index in [1.807, 2.05) is 13.8 Å². The first-order valence-electron chi connectivity index (χ1n) is 8.01. The van der Waals surface area contributed by atoms with Crippen LogP contribution in [0.1, 0.15) is 42.5 Å². The van der Waals surface area contributed by atoms with Gasteiger partial charge in [0.15, 0.2) is 0 Å². The monoisotopic (exact) mass is 349 g/mol. The summed E-state index contributed by atoms with van der Waals surface area (Å²) in [5.41, 5.74) is 9.49. The first-order chi connectivity index (χ1) is 11.2. The minimum Gasteiger partial charge on any atom is -0.398 e. The minimum atomic E-state index is -3.63. The lowest BCUT2D eigenvalue weighted by Crippen LogP contribution is -2.37. The molecule has 0 aliphatic carbocycles. The largest absolute Gasteiger partial charge is 0.398 e. The van der Waals surface area contributed by atoms with E-state index in [0.717, 1.165) is 11.3 Å². The maximum Gasteiger partial charge on any atom is 0.247 e. The molecule has 0 amide bonds. The Hall–Kier alpha value is -1.93. The molecule has 24 heavy (non-hydrogen) atoms. The highest BCUT2D eigenvalue weighted by atomic mass is 32.2. The smallest absolute Gasteiger partial charge is 0.247 e. The van der Waals surface area contributed by atoms with Crippen LogP contribution in [0.4, 0.5) is 5.69 Å². The second-order valence-electron chi connectivity index (χ2n) is 6.45. The Labute approximate surface area is 142 Å². The number of fused-ring (bicyclic) bond motifs is 1. The van der Waals surface area contributed by atoms with Gasteiger partial charge in [0.2, 0.25) is 10.0 Å². The lowest BCUT2D eigenvalue weighted by Gasteiger charge is -2.28. The SMILES string of the molecule is Cc1nn(C(C)C)c(C)c1S(=O)(=O)N1CCc2nccc(N)c2C1. The van der Waals surface area contributed by atoms with E-state index in [4.69, 9.17) is 5.73 Å². The van der Waals surface area contributed by atoms with E-state index < -0.39 is 10.0 Å². The molecule has 2 aromatic heterocycles. The van der Waals surface area contributed by atoms with E-state index in [9.17, 15) is 8.42 Å². The van der Waals surface area contributed by atoms with Crippen molar-refractivity contribution in [2.24, 2.45) is 0 Å². The fraction of sp³-hybridized carbons (Fsp3) is 0.500. The van der Waals surface area contributed by atoms with Gasteiger partial charge in [-0.15, -0.1) is 0 Å². The van der Waals surface area contributed by atoms with Crippen LogP contribution in [0, 0.1) is 13.8 Å². The third-order valence-corrected chi connectivity index (χ3v) is 6.56. The molecule has 0 aromatic carbocycles. The average molecular weight is 349 g/mol. The molecule has 0 spiro atoms. The normalized spacial score (nSPS) is 15.7. The fourth-order valence-corrected chi connectivity index (χ4v) is 5.06. The molecular weight excluding hydrogens is 326 g/mol. The van der Waals surface area contributed by atoms with E-state index in [0.29, 0.717) is 34.9 Å². The number of rotatable bonds is 3. The fourth-order valence-electron chi connectivity index (χ4n) is 3.29. The van der Waals surface area contributed by atoms with Crippen LogP contribution in [0.3, 0.4) is 0 Å². The zero-order chi connectivity index (χ0) is 17.6. The van der Waals surface area contributed by atoms with Crippen molar-refractivity contribution < 1.29 is 8.42 Å². The first kappa shape index (κ1) is 16.9. The summed E-state index contributed by atoms with van der Waals surface area (Å²) < 4.78 is 29.6. The van der Waals surface area contributed by atoms with Crippen molar-refractivity contribution in [3.05, 3.63) is 34.9 Å². The maximum atomic E-state index is 13.2. The van der Waals surface area contributed by atoms with E-state index >= 15 is 0 Å². The van der Waals surface area contributed by atoms with Gasteiger partial charge in [0.05, 0.1) is 11.4 Å². The van der Waals surface area contributed by atoms with Crippen molar-refractivity contribution in [2.45, 2.75) is 51.6 Å². The number of sulfonamides is 1. The molecule has 0 radical (unpaired) electrons. The molecule has 8 heteroatoms. The molecule has 0 atom stereocenters. The predicted molar refractivity (Wildman–Crippen MR) is 92.0 cm³/mol. The molecule has 0 bridgehead atoms. The zero-order valence-electron chi connectivity index (χ0n) is 14.4. The van der Waals surface area contributed by atoms with Crippen LogP contribution in [0.25, 0.3) is 0 Å². The van der Waals surface area contributed by atoms with E-state index in [-0.39, 0.29) is 12.6 Å². The van der Waals surface area contributed by atoms with E-state index in [1.54, 1.807) is 30.8 Å². The summed E-state index contributed by atoms with van der Waals surface area (Å²) in [5.74, 6) is 0. The highest BCUT2D eigenvalue weighted by Gasteiger charge is 2.34. The molecule has 0 fully saturated rings. The summed E-state index contributed by atoms with van der Waals surface area (Å²) in [6.45, 7) is 8.17. The summed E-state index contributed by atoms with van der Waals surface area (Å²) in [6.07, 6.45) is 2.23. The summed E-state index contributed by atoms with van der Waals surface area (Å²) in [5, 5.41) is 4.41. The maximum absolute atomic E-state index is 13.2. The molecule has 0 unspecified atom stereocenters. The highest BCUT2D eigenvalue weighted by Crippen LogP contribution is 2.30. The van der Waals surface area contributed by atoms with Crippen molar-refractivity contribution in [3.63, 3.8) is 0 Å². The number of aryl methyl sites for hydroxylation is 1. The Morgan fingerprint density at radius 1 is 1.29 bits per heavy atom. The third-order valence-electron chi connectivity index (χ3n) is 4.46. The summed E-state index contributed by atoms with van der Waals surface area (Å²) >= 11 is 0. The van der Waals surface area contributed by atoms with Gasteiger partial charge in [-0.3, -0.25) is 9.67 Å². The lowest BCUT2D eigenvalue weighted by atomic mass is 10.1. The van der Waals surface area contributed by atoms with Crippen molar-refractivity contribution >= 4 is 15.7 Å². The topological polar surface area (TPSA) is 94.1 Å². The number of nitrogen functional groups attached to an aromatic ring is 1. The Kier molecular flexibility index (Phi) is 4.13. The van der Waals surface area contributed by atoms with Crippen LogP contribution in [-0.4, -0.2) is 34.0 Å². The Bertz CT molecular complexity index is 886. The molecule has 3 rings (SSSR count). The van der Waals surface area contributed by atoms with Crippen LogP contribution < -0.4 is 5.73 Å². The number of anilines is 1. The molecular formula is C16H23N5O2S. The summed E-state index contributed by atoms with van der Waals surface area (Å²) in [4.78, 5) is 4.62. The highest BCUT2D eigenvalue weighted by molar-refractivity contribution is 7.89. The molecule has 2 aromatic rings. The van der Waals surface area contributed by atoms with Crippen LogP contribution >= 0.6 is 0 Å². The molecule has 0 saturated heterocycles. The van der Waals surface area contributed by atoms with Gasteiger partial charge in [0, 0.05) is 48.7 Å². The second-order valence-corrected chi connectivity index (χ2v) is 8.33. The number of hydrogen-bond donors (Lipinski definition) is 1. The van der Waals surface area contributed by atoms with Gasteiger partial charge in [-0.2, -0.15) is 9.40 Å². The lowest BCUT2D eigenvalue weighted by molar-refractivity contribution is 0.388. The Morgan fingerprint density at radius 3 is 2.62 bits per heavy atom. The number of nitrogens with two attached hydrogens (primary N) is 1. The van der Waals surface area contributed by atoms with Crippen LogP contribution in [0.15, 0.2) is 17.2 Å². The average Bonchev–Trinajstić information content (AvgIpc) is 2.83. The molecule has 130 valence electrons. The molecule has 0 saturated carbocycles. The molecule has 7 nitrogen and oxygen atoms in total.